The summed E-state index contributed by atoms with van der Waals surface area (Å²) < 4.78 is 4.18. The average Bonchev–Trinajstić information content (AvgIpc) is 3.05. The van der Waals surface area contributed by atoms with Gasteiger partial charge in [0.15, 0.2) is 5.82 Å². The molecule has 22 heavy (non-hydrogen) atoms. The molecule has 0 atom stereocenters. The van der Waals surface area contributed by atoms with Crippen LogP contribution in [0.5, 0.6) is 0 Å². The zero-order valence-electron chi connectivity index (χ0n) is 11.9. The van der Waals surface area contributed by atoms with E-state index in [1.807, 2.05) is 0 Å². The van der Waals surface area contributed by atoms with Crippen molar-refractivity contribution in [2.45, 2.75) is 13.0 Å². The maximum Gasteiger partial charge on any atom is 0.214 e. The van der Waals surface area contributed by atoms with Gasteiger partial charge in [-0.25, -0.2) is 4.68 Å². The number of benzene rings is 2. The van der Waals surface area contributed by atoms with Crippen LogP contribution in [-0.4, -0.2) is 19.4 Å². The van der Waals surface area contributed by atoms with Gasteiger partial charge in [0.1, 0.15) is 0 Å². The lowest BCUT2D eigenvalue weighted by atomic mass is 10.2. The quantitative estimate of drug-likeness (QED) is 0.452. The minimum absolute atomic E-state index is 0.442. The van der Waals surface area contributed by atoms with Crippen LogP contribution in [0.15, 0.2) is 48.5 Å². The molecule has 6 heteroatoms. The number of nitrogens with one attached hydrogen (secondary N) is 1. The molecule has 0 amide bonds. The van der Waals surface area contributed by atoms with E-state index in [-0.39, 0.29) is 0 Å². The van der Waals surface area contributed by atoms with Gasteiger partial charge in [0.2, 0.25) is 4.77 Å². The van der Waals surface area contributed by atoms with Crippen molar-refractivity contribution in [3.05, 3.63) is 59.1 Å². The topological polar surface area (TPSA) is 64.6 Å². The van der Waals surface area contributed by atoms with E-state index in [2.05, 4.69) is 63.3 Å². The van der Waals surface area contributed by atoms with Crippen molar-refractivity contribution in [3.63, 3.8) is 0 Å². The van der Waals surface area contributed by atoms with Gasteiger partial charge in [0.25, 0.3) is 0 Å². The second-order valence-corrected chi connectivity index (χ2v) is 5.64. The van der Waals surface area contributed by atoms with Gasteiger partial charge in [0.05, 0.1) is 0 Å². The largest absolute Gasteiger partial charge is 0.340 e. The summed E-state index contributed by atoms with van der Waals surface area (Å²) in [4.78, 5) is 0. The highest BCUT2D eigenvalue weighted by Crippen LogP contribution is 2.28. The molecule has 0 fully saturated rings. The van der Waals surface area contributed by atoms with Gasteiger partial charge in [0, 0.05) is 34.8 Å². The van der Waals surface area contributed by atoms with E-state index < -0.39 is 0 Å². The van der Waals surface area contributed by atoms with E-state index in [1.165, 1.54) is 26.5 Å². The lowest BCUT2D eigenvalue weighted by Gasteiger charge is -2.07. The molecule has 5 nitrogen and oxygen atoms in total. The molecule has 0 bridgehead atoms. The number of aromatic nitrogens is 4. The van der Waals surface area contributed by atoms with Gasteiger partial charge < -0.3 is 10.4 Å². The normalized spacial score (nSPS) is 11.5. The maximum atomic E-state index is 5.88. The number of aromatic amines is 1. The van der Waals surface area contributed by atoms with Gasteiger partial charge in [-0.1, -0.05) is 36.4 Å². The summed E-state index contributed by atoms with van der Waals surface area (Å²) in [7, 11) is 0. The third-order valence-corrected chi connectivity index (χ3v) is 4.30. The zero-order valence-corrected chi connectivity index (χ0v) is 12.7. The van der Waals surface area contributed by atoms with Crippen LogP contribution < -0.4 is 5.84 Å². The van der Waals surface area contributed by atoms with Gasteiger partial charge in [-0.3, -0.25) is 5.10 Å². The number of nitrogen functional groups attached to an aromatic ring is 1. The van der Waals surface area contributed by atoms with Gasteiger partial charge in [-0.15, -0.1) is 0 Å². The Bertz CT molecular complexity index is 971. The summed E-state index contributed by atoms with van der Waals surface area (Å²) in [5.41, 5.74) is 2.45. The molecule has 4 aromatic rings. The first-order valence-electron chi connectivity index (χ1n) is 7.13. The fourth-order valence-corrected chi connectivity index (χ4v) is 3.12. The molecular formula is C16H15N5S. The minimum Gasteiger partial charge on any atom is -0.340 e. The molecule has 0 saturated heterocycles. The van der Waals surface area contributed by atoms with E-state index in [0.717, 1.165) is 12.4 Å². The highest BCUT2D eigenvalue weighted by atomic mass is 32.1. The van der Waals surface area contributed by atoms with Crippen molar-refractivity contribution in [1.29, 1.82) is 0 Å². The van der Waals surface area contributed by atoms with Crippen molar-refractivity contribution < 1.29 is 0 Å². The monoisotopic (exact) mass is 309 g/mol. The molecule has 0 aliphatic carbocycles. The second-order valence-electron chi connectivity index (χ2n) is 5.25. The Kier molecular flexibility index (Phi) is 2.97. The van der Waals surface area contributed by atoms with E-state index in [1.54, 1.807) is 0 Å². The summed E-state index contributed by atoms with van der Waals surface area (Å²) in [5, 5.41) is 9.44. The Labute approximate surface area is 131 Å². The average molecular weight is 309 g/mol. The molecule has 110 valence electrons. The Morgan fingerprint density at radius 1 is 1.00 bits per heavy atom. The summed E-state index contributed by atoms with van der Waals surface area (Å²) in [6.45, 7) is 0.796. The fourth-order valence-electron chi connectivity index (χ4n) is 2.97. The number of nitrogens with zero attached hydrogens (tertiary/aromatic N) is 3. The van der Waals surface area contributed by atoms with E-state index in [9.17, 15) is 0 Å². The standard InChI is InChI=1S/C16H15N5S/c17-21-15(18-19-16(21)22)9-10-20-13-7-3-1-5-11(13)12-6-2-4-8-14(12)20/h1-8H,9-10,17H2,(H,19,22). The first-order chi connectivity index (χ1) is 10.8. The SMILES string of the molecule is Nn1c(CCn2c3ccccc3c3ccccc32)n[nH]c1=S. The van der Waals surface area contributed by atoms with E-state index in [0.29, 0.717) is 11.2 Å². The Hall–Kier alpha value is -2.60. The summed E-state index contributed by atoms with van der Waals surface area (Å²) in [5.74, 6) is 6.63. The molecule has 3 N–H and O–H groups in total. The first kappa shape index (κ1) is 13.1. The van der Waals surface area contributed by atoms with Gasteiger partial charge >= 0.3 is 0 Å². The molecule has 4 rings (SSSR count). The minimum atomic E-state index is 0.442. The highest BCUT2D eigenvalue weighted by Gasteiger charge is 2.11. The van der Waals surface area contributed by atoms with Crippen molar-refractivity contribution in [3.8, 4) is 0 Å². The van der Waals surface area contributed by atoms with Crippen molar-refractivity contribution in [1.82, 2.24) is 19.4 Å². The predicted molar refractivity (Wildman–Crippen MR) is 90.7 cm³/mol. The van der Waals surface area contributed by atoms with E-state index in [4.69, 9.17) is 18.1 Å². The molecule has 0 aliphatic heterocycles. The van der Waals surface area contributed by atoms with Crippen LogP contribution in [0.3, 0.4) is 0 Å². The lowest BCUT2D eigenvalue weighted by molar-refractivity contribution is 0.690. The van der Waals surface area contributed by atoms with Crippen LogP contribution in [0.1, 0.15) is 5.82 Å². The number of hydrogen-bond acceptors (Lipinski definition) is 3. The molecule has 2 aromatic heterocycles. The second kappa shape index (κ2) is 4.99. The van der Waals surface area contributed by atoms with Crippen LogP contribution in [0.2, 0.25) is 0 Å². The fraction of sp³-hybridized carbons (Fsp3) is 0.125. The van der Waals surface area contributed by atoms with Crippen LogP contribution >= 0.6 is 12.2 Å². The smallest absolute Gasteiger partial charge is 0.214 e. The van der Waals surface area contributed by atoms with Gasteiger partial charge in [-0.05, 0) is 24.4 Å². The van der Waals surface area contributed by atoms with Crippen molar-refractivity contribution >= 4 is 34.0 Å². The Morgan fingerprint density at radius 3 is 2.14 bits per heavy atom. The Morgan fingerprint density at radius 2 is 1.59 bits per heavy atom. The van der Waals surface area contributed by atoms with Crippen molar-refractivity contribution in [2.75, 3.05) is 5.84 Å². The molecule has 0 spiro atoms. The van der Waals surface area contributed by atoms with Crippen molar-refractivity contribution in [2.24, 2.45) is 0 Å². The zero-order chi connectivity index (χ0) is 15.1. The highest BCUT2D eigenvalue weighted by molar-refractivity contribution is 7.71. The molecule has 2 heterocycles. The molecule has 0 aliphatic rings. The Balaban J connectivity index is 1.83. The summed E-state index contributed by atoms with van der Waals surface area (Å²) in [6, 6.07) is 16.9. The van der Waals surface area contributed by atoms with E-state index >= 15 is 0 Å². The molecular weight excluding hydrogens is 294 g/mol. The number of para-hydroxylation sites is 2. The van der Waals surface area contributed by atoms with Crippen LogP contribution in [0.25, 0.3) is 21.8 Å². The number of aryl methyl sites for hydroxylation is 2. The lowest BCUT2D eigenvalue weighted by Crippen LogP contribution is -2.14. The molecule has 0 unspecified atom stereocenters. The maximum absolute atomic E-state index is 5.88. The number of fused-ring (bicyclic) bond motifs is 3. The molecule has 2 aromatic carbocycles. The van der Waals surface area contributed by atoms with Crippen LogP contribution in [0, 0.1) is 4.77 Å². The third kappa shape index (κ3) is 1.92. The number of rotatable bonds is 3. The number of H-pyrrole nitrogens is 1. The number of nitrogens with two attached hydrogens (primary N) is 1. The number of hydrogen-bond donors (Lipinski definition) is 2. The third-order valence-electron chi connectivity index (χ3n) is 4.02. The summed E-state index contributed by atoms with van der Waals surface area (Å²) in [6.07, 6.45) is 0.715. The summed E-state index contributed by atoms with van der Waals surface area (Å²) >= 11 is 5.06. The van der Waals surface area contributed by atoms with Gasteiger partial charge in [-0.2, -0.15) is 5.10 Å². The van der Waals surface area contributed by atoms with Crippen LogP contribution in [-0.2, 0) is 13.0 Å². The molecule has 0 radical (unpaired) electrons. The molecule has 0 saturated carbocycles. The van der Waals surface area contributed by atoms with Crippen LogP contribution in [0.4, 0.5) is 0 Å². The first-order valence-corrected chi connectivity index (χ1v) is 7.54. The predicted octanol–water partition coefficient (Wildman–Crippen LogP) is 3.01.